The molecule has 0 amide bonds. The Morgan fingerprint density at radius 3 is 2.23 bits per heavy atom. The van der Waals surface area contributed by atoms with Crippen LogP contribution in [-0.4, -0.2) is 197 Å². The molecule has 3 aliphatic rings. The van der Waals surface area contributed by atoms with Crippen LogP contribution in [0.3, 0.4) is 0 Å². The van der Waals surface area contributed by atoms with Crippen LogP contribution in [0.5, 0.6) is 0 Å². The number of ether oxygens (including phenoxy) is 8. The molecule has 18 atom stereocenters. The Bertz CT molecular complexity index is 2260. The molecule has 0 saturated carbocycles. The Balaban J connectivity index is 1.31. The highest BCUT2D eigenvalue weighted by Gasteiger charge is 2.53. The van der Waals surface area contributed by atoms with Gasteiger partial charge in [-0.05, 0) is 138 Å². The molecule has 3 fully saturated rings. The number of fused-ring (bicyclic) bond motifs is 1. The zero-order valence-electron chi connectivity index (χ0n) is 48.9. The molecule has 440 valence electrons. The molecule has 3 saturated heterocycles. The van der Waals surface area contributed by atoms with Gasteiger partial charge in [-0.2, -0.15) is 0 Å². The molecule has 4 heterocycles. The van der Waals surface area contributed by atoms with Gasteiger partial charge < -0.3 is 77.8 Å². The number of aliphatic hydroxyl groups is 4. The summed E-state index contributed by atoms with van der Waals surface area (Å²) in [4.78, 5) is 43.5. The first-order chi connectivity index (χ1) is 36.1. The van der Waals surface area contributed by atoms with Crippen molar-refractivity contribution in [3.05, 3.63) is 45.7 Å². The van der Waals surface area contributed by atoms with Crippen molar-refractivity contribution in [2.45, 2.75) is 231 Å². The Morgan fingerprint density at radius 1 is 0.909 bits per heavy atom. The van der Waals surface area contributed by atoms with E-state index in [9.17, 15) is 39.9 Å². The van der Waals surface area contributed by atoms with Crippen molar-refractivity contribution in [3.63, 3.8) is 0 Å². The highest BCUT2D eigenvalue weighted by Crippen LogP contribution is 2.41. The largest absolute Gasteiger partial charge is 0.477 e. The van der Waals surface area contributed by atoms with E-state index >= 15 is 0 Å². The number of benzene rings is 1. The van der Waals surface area contributed by atoms with E-state index in [0.29, 0.717) is 64.0 Å². The molecule has 19 heteroatoms. The quantitative estimate of drug-likeness (QED) is 0.0781. The van der Waals surface area contributed by atoms with Crippen molar-refractivity contribution in [3.8, 4) is 0 Å². The number of rotatable bonds is 20. The topological polar surface area (TPSA) is 238 Å². The fourth-order valence-corrected chi connectivity index (χ4v) is 12.2. The van der Waals surface area contributed by atoms with Crippen LogP contribution >= 0.6 is 0 Å². The molecule has 0 unspecified atom stereocenters. The fraction of sp³-hybridized carbons (Fsp3) is 0.810. The standard InChI is InChI=1S/C58H97N3O16/c1-16-18-24-61-33-42(53(65)66)47(62)41-29-40(22-23-43(41)61)21-19-25-71-26-20-27-72-52-39(8)74-46(31-57(52,10)70-15)76-49-36(5)51(77-55-48(63)44(59(12)13)28-35(4)73-55)56(9,68)30-34(3)32-60(14)38(7)50(64)58(11,69)45(17-2)75-54(67)37(49)6/h22-23,29,33-39,44-46,48-52,55,63-64,68-69H,16-21,24-28,30-32H2,1-15H3,(H,65,66)/t34-,35-,36+,37-,38-,39+,44+,45-,46+,48-,49+,50-,51-,52+,55+,56-,57-,58-/m1/s1. The van der Waals surface area contributed by atoms with E-state index in [4.69, 9.17) is 37.9 Å². The first-order valence-electron chi connectivity index (χ1n) is 28.3. The van der Waals surface area contributed by atoms with Gasteiger partial charge in [0.1, 0.15) is 35.6 Å². The number of pyridine rings is 1. The van der Waals surface area contributed by atoms with Crippen LogP contribution in [0.1, 0.15) is 143 Å². The van der Waals surface area contributed by atoms with Crippen LogP contribution in [-0.2, 0) is 55.7 Å². The predicted octanol–water partition coefficient (Wildman–Crippen LogP) is 5.78. The molecule has 2 aromatic rings. The molecule has 77 heavy (non-hydrogen) atoms. The number of methoxy groups -OCH3 is 1. The number of unbranched alkanes of at least 4 members (excludes halogenated alkanes) is 1. The van der Waals surface area contributed by atoms with Crippen molar-refractivity contribution >= 4 is 22.8 Å². The van der Waals surface area contributed by atoms with E-state index in [2.05, 4.69) is 6.92 Å². The number of esters is 1. The number of aliphatic hydroxyl groups excluding tert-OH is 2. The van der Waals surface area contributed by atoms with Crippen LogP contribution in [0.25, 0.3) is 10.9 Å². The van der Waals surface area contributed by atoms with E-state index in [1.165, 1.54) is 13.1 Å². The molecule has 1 aromatic carbocycles. The number of aromatic nitrogens is 1. The lowest BCUT2D eigenvalue weighted by Gasteiger charge is -2.49. The number of cyclic esters (lactones) is 1. The number of hydrogen-bond donors (Lipinski definition) is 5. The van der Waals surface area contributed by atoms with Gasteiger partial charge in [0, 0.05) is 76.0 Å². The highest BCUT2D eigenvalue weighted by molar-refractivity contribution is 5.92. The molecule has 0 aliphatic carbocycles. The minimum atomic E-state index is -1.84. The molecule has 5 rings (SSSR count). The third-order valence-corrected chi connectivity index (χ3v) is 16.8. The van der Waals surface area contributed by atoms with Gasteiger partial charge in [0.2, 0.25) is 5.43 Å². The second-order valence-electron chi connectivity index (χ2n) is 23.7. The van der Waals surface area contributed by atoms with Crippen molar-refractivity contribution in [2.75, 3.05) is 54.6 Å². The summed E-state index contributed by atoms with van der Waals surface area (Å²) in [5.74, 6) is -3.93. The number of nitrogens with zero attached hydrogens (tertiary/aromatic N) is 3. The summed E-state index contributed by atoms with van der Waals surface area (Å²) in [6, 6.07) is 4.80. The third-order valence-electron chi connectivity index (χ3n) is 16.8. The number of carbonyl (C=O) groups excluding carboxylic acids is 1. The number of carboxylic acids is 1. The zero-order chi connectivity index (χ0) is 57.3. The van der Waals surface area contributed by atoms with Gasteiger partial charge in [-0.15, -0.1) is 0 Å². The van der Waals surface area contributed by atoms with Crippen LogP contribution in [0, 0.1) is 17.8 Å². The van der Waals surface area contributed by atoms with Crippen molar-refractivity contribution in [1.29, 1.82) is 0 Å². The van der Waals surface area contributed by atoms with Crippen LogP contribution in [0.2, 0.25) is 0 Å². The van der Waals surface area contributed by atoms with E-state index < -0.39 is 107 Å². The van der Waals surface area contributed by atoms with Crippen molar-refractivity contribution < 1.29 is 73.0 Å². The van der Waals surface area contributed by atoms with Crippen molar-refractivity contribution in [2.24, 2.45) is 17.8 Å². The predicted molar refractivity (Wildman–Crippen MR) is 292 cm³/mol. The van der Waals surface area contributed by atoms with Gasteiger partial charge in [-0.3, -0.25) is 9.59 Å². The minimum absolute atomic E-state index is 0.174. The van der Waals surface area contributed by atoms with Crippen molar-refractivity contribution in [1.82, 2.24) is 14.4 Å². The molecule has 1 aromatic heterocycles. The summed E-state index contributed by atoms with van der Waals surface area (Å²) in [6.07, 6.45) is -2.76. The number of aryl methyl sites for hydroxylation is 2. The highest BCUT2D eigenvalue weighted by atomic mass is 16.7. The zero-order valence-corrected chi connectivity index (χ0v) is 48.9. The van der Waals surface area contributed by atoms with E-state index in [1.54, 1.807) is 40.9 Å². The maximum absolute atomic E-state index is 14.6. The fourth-order valence-electron chi connectivity index (χ4n) is 12.2. The van der Waals surface area contributed by atoms with Crippen LogP contribution < -0.4 is 5.43 Å². The number of carbonyl (C=O) groups is 2. The Kier molecular flexibility index (Phi) is 23.5. The van der Waals surface area contributed by atoms with E-state index in [-0.39, 0.29) is 42.9 Å². The maximum atomic E-state index is 14.6. The average molecular weight is 1090 g/mol. The Hall–Kier alpha value is -3.15. The smallest absolute Gasteiger partial charge is 0.341 e. The van der Waals surface area contributed by atoms with E-state index in [0.717, 1.165) is 23.9 Å². The van der Waals surface area contributed by atoms with Gasteiger partial charge in [-0.25, -0.2) is 4.79 Å². The monoisotopic (exact) mass is 1090 g/mol. The summed E-state index contributed by atoms with van der Waals surface area (Å²) in [6.45, 7) is 22.3. The Morgan fingerprint density at radius 2 is 1.60 bits per heavy atom. The summed E-state index contributed by atoms with van der Waals surface area (Å²) in [7, 11) is 7.22. The second kappa shape index (κ2) is 28.0. The van der Waals surface area contributed by atoms with Gasteiger partial charge in [0.05, 0.1) is 47.1 Å². The summed E-state index contributed by atoms with van der Waals surface area (Å²) in [5, 5.41) is 58.3. The molecule has 19 nitrogen and oxygen atoms in total. The first kappa shape index (κ1) is 64.7. The van der Waals surface area contributed by atoms with Crippen LogP contribution in [0.4, 0.5) is 0 Å². The number of carboxylic acid groups (broad SMARTS) is 1. The Labute approximate surface area is 457 Å². The molecule has 3 aliphatic heterocycles. The lowest BCUT2D eigenvalue weighted by Crippen LogP contribution is -2.61. The number of aromatic carboxylic acids is 1. The van der Waals surface area contributed by atoms with Gasteiger partial charge in [-0.1, -0.05) is 40.2 Å². The van der Waals surface area contributed by atoms with Gasteiger partial charge in [0.25, 0.3) is 0 Å². The molecule has 0 bridgehead atoms. The average Bonchev–Trinajstić information content (AvgIpc) is 3.36. The summed E-state index contributed by atoms with van der Waals surface area (Å²) < 4.78 is 53.4. The molecule has 5 N–H and O–H groups in total. The molecule has 0 radical (unpaired) electrons. The lowest BCUT2D eigenvalue weighted by molar-refractivity contribution is -0.320. The second-order valence-corrected chi connectivity index (χ2v) is 23.7. The van der Waals surface area contributed by atoms with Gasteiger partial charge >= 0.3 is 11.9 Å². The van der Waals surface area contributed by atoms with Gasteiger partial charge in [0.15, 0.2) is 12.6 Å². The number of likely N-dealkylation sites (N-methyl/N-ethyl adjacent to an activating group) is 2. The normalized spacial score (nSPS) is 37.4. The molecular formula is C58H97N3O16. The van der Waals surface area contributed by atoms with E-state index in [1.807, 2.05) is 82.3 Å². The maximum Gasteiger partial charge on any atom is 0.341 e. The molecular weight excluding hydrogens is 995 g/mol. The SMILES string of the molecule is CCCCn1cc(C(=O)O)c(=O)c2cc(CCCOCCCO[C@H]3[C@H](C)O[C@@H](O[C@H]4[C@H](C)[C@@H](O[C@@H]5O[C@H](C)C[C@H](N(C)C)[C@H]5O)[C@](C)(O)C[C@@H](C)CN(C)[C@H](C)[C@@H](O)[C@](C)(O)[C@@H](CC)OC(=O)[C@@H]4C)C[C@@]3(C)OC)ccc21. The summed E-state index contributed by atoms with van der Waals surface area (Å²) in [5.41, 5.74) is -3.43. The lowest BCUT2D eigenvalue weighted by atomic mass is 9.77. The van der Waals surface area contributed by atoms with Crippen LogP contribution in [0.15, 0.2) is 29.2 Å². The third kappa shape index (κ3) is 15.9. The minimum Gasteiger partial charge on any atom is -0.477 e. The first-order valence-corrected chi connectivity index (χ1v) is 28.3. The number of hydrogen-bond acceptors (Lipinski definition) is 17. The molecule has 0 spiro atoms. The summed E-state index contributed by atoms with van der Waals surface area (Å²) >= 11 is 0.